The number of aryl methyl sites for hydroxylation is 1. The van der Waals surface area contributed by atoms with E-state index < -0.39 is 0 Å². The molecular formula is C22H30N4O2S. The van der Waals surface area contributed by atoms with Gasteiger partial charge in [-0.15, -0.1) is 0 Å². The maximum atomic E-state index is 12.4. The number of carbonyl (C=O) groups excluding carboxylic acids is 1. The molecule has 1 aromatic carbocycles. The third kappa shape index (κ3) is 4.90. The van der Waals surface area contributed by atoms with E-state index in [1.54, 1.807) is 11.8 Å². The molecule has 0 aliphatic carbocycles. The number of ether oxygens (including phenoxy) is 1. The normalized spacial score (nSPS) is 12.6. The lowest BCUT2D eigenvalue weighted by Gasteiger charge is -2.14. The number of pyridine rings is 1. The number of hydrogen-bond acceptors (Lipinski definition) is 5. The molecule has 6 nitrogen and oxygen atoms in total. The zero-order valence-electron chi connectivity index (χ0n) is 17.7. The molecule has 1 amide bonds. The van der Waals surface area contributed by atoms with Crippen molar-refractivity contribution >= 4 is 39.6 Å². The third-order valence-electron chi connectivity index (χ3n) is 5.11. The first-order chi connectivity index (χ1) is 14.1. The van der Waals surface area contributed by atoms with Crippen molar-refractivity contribution in [1.29, 1.82) is 0 Å². The average molecular weight is 415 g/mol. The van der Waals surface area contributed by atoms with Crippen LogP contribution in [0, 0.1) is 12.8 Å². The molecular weight excluding hydrogens is 384 g/mol. The summed E-state index contributed by atoms with van der Waals surface area (Å²) in [6.45, 7) is 8.23. The molecule has 29 heavy (non-hydrogen) atoms. The highest BCUT2D eigenvalue weighted by molar-refractivity contribution is 7.98. The van der Waals surface area contributed by atoms with Gasteiger partial charge >= 0.3 is 0 Å². The van der Waals surface area contributed by atoms with E-state index in [9.17, 15) is 4.79 Å². The quantitative estimate of drug-likeness (QED) is 0.544. The van der Waals surface area contributed by atoms with Crippen molar-refractivity contribution in [2.75, 3.05) is 25.2 Å². The lowest BCUT2D eigenvalue weighted by Crippen LogP contribution is -2.32. The van der Waals surface area contributed by atoms with E-state index in [1.165, 1.54) is 0 Å². The third-order valence-corrected chi connectivity index (χ3v) is 5.75. The Morgan fingerprint density at radius 1 is 1.31 bits per heavy atom. The van der Waals surface area contributed by atoms with Crippen molar-refractivity contribution in [3.05, 3.63) is 35.8 Å². The predicted molar refractivity (Wildman–Crippen MR) is 120 cm³/mol. The van der Waals surface area contributed by atoms with Crippen LogP contribution < -0.4 is 5.32 Å². The molecule has 7 heteroatoms. The van der Waals surface area contributed by atoms with E-state index >= 15 is 0 Å². The number of rotatable bonds is 10. The molecule has 0 fully saturated rings. The Hall–Kier alpha value is -2.12. The molecule has 3 rings (SSSR count). The highest BCUT2D eigenvalue weighted by Crippen LogP contribution is 2.27. The fourth-order valence-electron chi connectivity index (χ4n) is 3.46. The number of carbonyl (C=O) groups is 1. The Bertz CT molecular complexity index is 986. The number of imidazole rings is 1. The summed E-state index contributed by atoms with van der Waals surface area (Å²) in [6, 6.07) is 8.12. The van der Waals surface area contributed by atoms with Crippen LogP contribution >= 0.6 is 11.8 Å². The number of para-hydroxylation sites is 1. The minimum Gasteiger partial charge on any atom is -0.374 e. The summed E-state index contributed by atoms with van der Waals surface area (Å²) in [6.07, 6.45) is 2.96. The van der Waals surface area contributed by atoms with Gasteiger partial charge in [0.25, 0.3) is 0 Å². The molecule has 2 aromatic heterocycles. The molecule has 0 radical (unpaired) electrons. The Balaban J connectivity index is 1.89. The molecule has 2 heterocycles. The average Bonchev–Trinajstić information content (AvgIpc) is 3.09. The number of aromatic nitrogens is 3. The molecule has 0 saturated heterocycles. The van der Waals surface area contributed by atoms with Crippen LogP contribution in [0.4, 0.5) is 0 Å². The Kier molecular flexibility index (Phi) is 7.50. The summed E-state index contributed by atoms with van der Waals surface area (Å²) in [5.74, 6) is 2.00. The first-order valence-corrected chi connectivity index (χ1v) is 11.5. The molecule has 0 spiro atoms. The number of thioether (sulfide) groups is 1. The van der Waals surface area contributed by atoms with Crippen LogP contribution in [0.3, 0.4) is 0 Å². The number of fused-ring (bicyclic) bond motifs is 3. The molecule has 3 aromatic rings. The maximum absolute atomic E-state index is 12.4. The summed E-state index contributed by atoms with van der Waals surface area (Å²) in [4.78, 5) is 21.9. The number of nitrogens with one attached hydrogen (secondary N) is 1. The van der Waals surface area contributed by atoms with Crippen LogP contribution in [0.1, 0.15) is 31.8 Å². The van der Waals surface area contributed by atoms with Crippen molar-refractivity contribution in [2.24, 2.45) is 5.92 Å². The Labute approximate surface area is 176 Å². The van der Waals surface area contributed by atoms with Crippen molar-refractivity contribution in [1.82, 2.24) is 19.9 Å². The number of benzene rings is 1. The van der Waals surface area contributed by atoms with Crippen molar-refractivity contribution in [3.8, 4) is 0 Å². The van der Waals surface area contributed by atoms with Gasteiger partial charge in [-0.05, 0) is 38.3 Å². The van der Waals surface area contributed by atoms with E-state index in [-0.39, 0.29) is 11.8 Å². The maximum Gasteiger partial charge on any atom is 0.222 e. The summed E-state index contributed by atoms with van der Waals surface area (Å²) in [5, 5.41) is 4.16. The van der Waals surface area contributed by atoms with Crippen LogP contribution in [-0.4, -0.2) is 45.6 Å². The summed E-state index contributed by atoms with van der Waals surface area (Å²) >= 11 is 1.77. The van der Waals surface area contributed by atoms with Gasteiger partial charge in [-0.25, -0.2) is 4.98 Å². The molecule has 1 atom stereocenters. The molecule has 0 aliphatic rings. The van der Waals surface area contributed by atoms with E-state index in [1.807, 2.05) is 39.0 Å². The SMILES string of the molecule is CCOCc1nc2c(C)nc3ccccc3c2n1CCNC(=O)C(C)CCSC. The van der Waals surface area contributed by atoms with Gasteiger partial charge in [0.15, 0.2) is 0 Å². The van der Waals surface area contributed by atoms with Crippen LogP contribution in [-0.2, 0) is 22.7 Å². The van der Waals surface area contributed by atoms with Gasteiger partial charge in [-0.1, -0.05) is 25.1 Å². The predicted octanol–water partition coefficient (Wildman–Crippen LogP) is 3.93. The number of amides is 1. The van der Waals surface area contributed by atoms with Gasteiger partial charge in [0.2, 0.25) is 5.91 Å². The second kappa shape index (κ2) is 10.1. The zero-order chi connectivity index (χ0) is 20.8. The van der Waals surface area contributed by atoms with Crippen LogP contribution in [0.15, 0.2) is 24.3 Å². The lowest BCUT2D eigenvalue weighted by atomic mass is 10.1. The standard InChI is InChI=1S/C22H30N4O2S/c1-5-28-14-19-25-20-16(3)24-18-9-7-6-8-17(18)21(20)26(19)12-11-23-22(27)15(2)10-13-29-4/h6-9,15H,5,10-14H2,1-4H3,(H,23,27). The van der Waals surface area contributed by atoms with E-state index in [2.05, 4.69) is 22.2 Å². The zero-order valence-corrected chi connectivity index (χ0v) is 18.5. The van der Waals surface area contributed by atoms with Crippen LogP contribution in [0.5, 0.6) is 0 Å². The summed E-state index contributed by atoms with van der Waals surface area (Å²) in [7, 11) is 0. The highest BCUT2D eigenvalue weighted by Gasteiger charge is 2.17. The second-order valence-corrected chi connectivity index (χ2v) is 8.19. The van der Waals surface area contributed by atoms with Crippen molar-refractivity contribution in [2.45, 2.75) is 40.3 Å². The Morgan fingerprint density at radius 3 is 2.86 bits per heavy atom. The van der Waals surface area contributed by atoms with Gasteiger partial charge < -0.3 is 14.6 Å². The van der Waals surface area contributed by atoms with Crippen molar-refractivity contribution < 1.29 is 9.53 Å². The molecule has 156 valence electrons. The smallest absolute Gasteiger partial charge is 0.222 e. The van der Waals surface area contributed by atoms with E-state index in [0.29, 0.717) is 26.3 Å². The van der Waals surface area contributed by atoms with Gasteiger partial charge in [0.05, 0.1) is 16.7 Å². The van der Waals surface area contributed by atoms with Gasteiger partial charge in [-0.3, -0.25) is 9.78 Å². The fourth-order valence-corrected chi connectivity index (χ4v) is 4.05. The van der Waals surface area contributed by atoms with Crippen LogP contribution in [0.2, 0.25) is 0 Å². The first-order valence-electron chi connectivity index (χ1n) is 10.2. The molecule has 0 saturated carbocycles. The monoisotopic (exact) mass is 414 g/mol. The first kappa shape index (κ1) is 21.6. The van der Waals surface area contributed by atoms with Crippen LogP contribution in [0.25, 0.3) is 21.9 Å². The minimum atomic E-state index is 0.0251. The fraction of sp³-hybridized carbons (Fsp3) is 0.500. The molecule has 1 N–H and O–H groups in total. The number of hydrogen-bond donors (Lipinski definition) is 1. The molecule has 0 bridgehead atoms. The minimum absolute atomic E-state index is 0.0251. The topological polar surface area (TPSA) is 69.0 Å². The van der Waals surface area contributed by atoms with E-state index in [4.69, 9.17) is 14.7 Å². The van der Waals surface area contributed by atoms with Gasteiger partial charge in [0.1, 0.15) is 17.9 Å². The van der Waals surface area contributed by atoms with Gasteiger partial charge in [-0.2, -0.15) is 11.8 Å². The van der Waals surface area contributed by atoms with Crippen molar-refractivity contribution in [3.63, 3.8) is 0 Å². The molecule has 1 unspecified atom stereocenters. The molecule has 0 aliphatic heterocycles. The summed E-state index contributed by atoms with van der Waals surface area (Å²) in [5.41, 5.74) is 3.83. The van der Waals surface area contributed by atoms with Gasteiger partial charge in [0, 0.05) is 31.0 Å². The largest absolute Gasteiger partial charge is 0.374 e. The highest BCUT2D eigenvalue weighted by atomic mass is 32.2. The van der Waals surface area contributed by atoms with E-state index in [0.717, 1.165) is 45.6 Å². The second-order valence-electron chi connectivity index (χ2n) is 7.20. The summed E-state index contributed by atoms with van der Waals surface area (Å²) < 4.78 is 7.83. The number of nitrogens with zero attached hydrogens (tertiary/aromatic N) is 3. The Morgan fingerprint density at radius 2 is 2.10 bits per heavy atom. The lowest BCUT2D eigenvalue weighted by molar-refractivity contribution is -0.124.